The molecule has 0 radical (unpaired) electrons. The highest BCUT2D eigenvalue weighted by atomic mass is 79.9. The molecular formula is C15H10BrF2NO. The molecule has 0 atom stereocenters. The Morgan fingerprint density at radius 1 is 1.10 bits per heavy atom. The monoisotopic (exact) mass is 337 g/mol. The molecule has 2 nitrogen and oxygen atoms in total. The molecule has 20 heavy (non-hydrogen) atoms. The molecule has 0 aromatic heterocycles. The number of hydrogen-bond donors (Lipinski definition) is 1. The van der Waals surface area contributed by atoms with Crippen LogP contribution in [0.25, 0.3) is 0 Å². The molecule has 2 rings (SSSR count). The van der Waals surface area contributed by atoms with E-state index in [2.05, 4.69) is 21.2 Å². The van der Waals surface area contributed by atoms with Crippen molar-refractivity contribution in [1.29, 1.82) is 0 Å². The maximum absolute atomic E-state index is 13.3. The predicted molar refractivity (Wildman–Crippen MR) is 77.6 cm³/mol. The molecular weight excluding hydrogens is 328 g/mol. The summed E-state index contributed by atoms with van der Waals surface area (Å²) in [5.41, 5.74) is 0.622. The molecule has 0 unspecified atom stereocenters. The topological polar surface area (TPSA) is 29.1 Å². The van der Waals surface area contributed by atoms with Gasteiger partial charge in [-0.25, -0.2) is 8.78 Å². The number of ketones is 1. The van der Waals surface area contributed by atoms with Crippen molar-refractivity contribution in [3.63, 3.8) is 0 Å². The summed E-state index contributed by atoms with van der Waals surface area (Å²) in [6.07, 6.45) is 2.60. The Labute approximate surface area is 123 Å². The number of allylic oxidation sites excluding steroid dienone is 1. The second-order valence-corrected chi connectivity index (χ2v) is 4.89. The Kier molecular flexibility index (Phi) is 4.63. The van der Waals surface area contributed by atoms with Crippen LogP contribution in [-0.4, -0.2) is 5.78 Å². The quantitative estimate of drug-likeness (QED) is 0.655. The molecule has 0 aliphatic rings. The zero-order valence-electron chi connectivity index (χ0n) is 10.2. The first-order chi connectivity index (χ1) is 9.56. The Balaban J connectivity index is 2.02. The summed E-state index contributed by atoms with van der Waals surface area (Å²) >= 11 is 3.28. The van der Waals surface area contributed by atoms with Crippen LogP contribution in [0.5, 0.6) is 0 Å². The van der Waals surface area contributed by atoms with E-state index in [1.165, 1.54) is 18.3 Å². The molecule has 0 fully saturated rings. The van der Waals surface area contributed by atoms with Crippen LogP contribution in [-0.2, 0) is 0 Å². The summed E-state index contributed by atoms with van der Waals surface area (Å²) in [5, 5.41) is 2.60. The van der Waals surface area contributed by atoms with Crippen LogP contribution in [0.15, 0.2) is 59.2 Å². The molecule has 5 heteroatoms. The standard InChI is InChI=1S/C15H10BrF2NO/c16-11-3-1-10(2-4-11)15(20)7-8-19-14-6-5-12(17)9-13(14)18/h1-9,19H. The third-order valence-corrected chi connectivity index (χ3v) is 3.06. The van der Waals surface area contributed by atoms with E-state index in [4.69, 9.17) is 0 Å². The number of anilines is 1. The maximum atomic E-state index is 13.3. The van der Waals surface area contributed by atoms with Gasteiger partial charge in [0.15, 0.2) is 5.78 Å². The van der Waals surface area contributed by atoms with Gasteiger partial charge in [0.1, 0.15) is 11.6 Å². The van der Waals surface area contributed by atoms with Crippen molar-refractivity contribution in [3.8, 4) is 0 Å². The van der Waals surface area contributed by atoms with Crippen LogP contribution >= 0.6 is 15.9 Å². The lowest BCUT2D eigenvalue weighted by atomic mass is 10.1. The Hall–Kier alpha value is -2.01. The summed E-state index contributed by atoms with van der Waals surface area (Å²) in [6.45, 7) is 0. The second kappa shape index (κ2) is 6.43. The van der Waals surface area contributed by atoms with Gasteiger partial charge >= 0.3 is 0 Å². The van der Waals surface area contributed by atoms with Crippen LogP contribution in [0, 0.1) is 11.6 Å². The summed E-state index contributed by atoms with van der Waals surface area (Å²) in [5.74, 6) is -1.58. The molecule has 0 saturated carbocycles. The molecule has 2 aromatic rings. The van der Waals surface area contributed by atoms with Crippen molar-refractivity contribution >= 4 is 27.4 Å². The molecule has 2 aromatic carbocycles. The molecule has 102 valence electrons. The van der Waals surface area contributed by atoms with Gasteiger partial charge in [0.25, 0.3) is 0 Å². The van der Waals surface area contributed by atoms with Gasteiger partial charge in [-0.1, -0.05) is 15.9 Å². The summed E-state index contributed by atoms with van der Waals surface area (Å²) in [4.78, 5) is 11.8. The largest absolute Gasteiger partial charge is 0.359 e. The number of rotatable bonds is 4. The molecule has 1 N–H and O–H groups in total. The van der Waals surface area contributed by atoms with E-state index in [1.54, 1.807) is 24.3 Å². The van der Waals surface area contributed by atoms with Crippen molar-refractivity contribution in [2.24, 2.45) is 0 Å². The second-order valence-electron chi connectivity index (χ2n) is 3.97. The lowest BCUT2D eigenvalue weighted by Gasteiger charge is -2.02. The minimum atomic E-state index is -0.717. The first-order valence-electron chi connectivity index (χ1n) is 5.74. The fourth-order valence-electron chi connectivity index (χ4n) is 1.52. The summed E-state index contributed by atoms with van der Waals surface area (Å²) < 4.78 is 26.9. The van der Waals surface area contributed by atoms with Gasteiger partial charge in [-0.2, -0.15) is 0 Å². The molecule has 0 bridgehead atoms. The van der Waals surface area contributed by atoms with Gasteiger partial charge in [0.05, 0.1) is 5.69 Å². The fourth-order valence-corrected chi connectivity index (χ4v) is 1.79. The zero-order chi connectivity index (χ0) is 14.5. The van der Waals surface area contributed by atoms with Crippen molar-refractivity contribution in [2.75, 3.05) is 5.32 Å². The maximum Gasteiger partial charge on any atom is 0.187 e. The Bertz CT molecular complexity index is 653. The van der Waals surface area contributed by atoms with Crippen molar-refractivity contribution in [3.05, 3.63) is 76.4 Å². The minimum absolute atomic E-state index is 0.103. The average Bonchev–Trinajstić information content (AvgIpc) is 2.42. The number of hydrogen-bond acceptors (Lipinski definition) is 2. The third kappa shape index (κ3) is 3.74. The number of nitrogens with one attached hydrogen (secondary N) is 1. The van der Waals surface area contributed by atoms with E-state index in [-0.39, 0.29) is 11.5 Å². The van der Waals surface area contributed by atoms with E-state index < -0.39 is 11.6 Å². The number of halogens is 3. The molecule has 0 amide bonds. The van der Waals surface area contributed by atoms with Gasteiger partial charge < -0.3 is 5.32 Å². The van der Waals surface area contributed by atoms with E-state index in [1.807, 2.05) is 0 Å². The zero-order valence-corrected chi connectivity index (χ0v) is 11.8. The van der Waals surface area contributed by atoms with Crippen LogP contribution in [0.1, 0.15) is 10.4 Å². The lowest BCUT2D eigenvalue weighted by molar-refractivity contribution is 0.104. The van der Waals surface area contributed by atoms with Gasteiger partial charge in [0, 0.05) is 28.4 Å². The summed E-state index contributed by atoms with van der Waals surface area (Å²) in [6, 6.07) is 10.0. The highest BCUT2D eigenvalue weighted by Crippen LogP contribution is 2.15. The Morgan fingerprint density at radius 3 is 2.45 bits per heavy atom. The van der Waals surface area contributed by atoms with Crippen LogP contribution in [0.3, 0.4) is 0 Å². The van der Waals surface area contributed by atoms with E-state index >= 15 is 0 Å². The first kappa shape index (κ1) is 14.4. The number of carbonyl (C=O) groups excluding carboxylic acids is 1. The fraction of sp³-hybridized carbons (Fsp3) is 0. The van der Waals surface area contributed by atoms with Crippen molar-refractivity contribution in [2.45, 2.75) is 0 Å². The minimum Gasteiger partial charge on any atom is -0.359 e. The molecule has 0 saturated heterocycles. The highest BCUT2D eigenvalue weighted by molar-refractivity contribution is 9.10. The SMILES string of the molecule is O=C(C=CNc1ccc(F)cc1F)c1ccc(Br)cc1. The van der Waals surface area contributed by atoms with Crippen LogP contribution in [0.4, 0.5) is 14.5 Å². The average molecular weight is 338 g/mol. The molecule has 0 aliphatic carbocycles. The van der Waals surface area contributed by atoms with E-state index in [0.29, 0.717) is 5.56 Å². The normalized spacial score (nSPS) is 10.8. The van der Waals surface area contributed by atoms with Crippen LogP contribution in [0.2, 0.25) is 0 Å². The summed E-state index contributed by atoms with van der Waals surface area (Å²) in [7, 11) is 0. The highest BCUT2D eigenvalue weighted by Gasteiger charge is 2.03. The first-order valence-corrected chi connectivity index (χ1v) is 6.53. The molecule has 0 heterocycles. The van der Waals surface area contributed by atoms with Gasteiger partial charge in [0.2, 0.25) is 0 Å². The lowest BCUT2D eigenvalue weighted by Crippen LogP contribution is -1.97. The van der Waals surface area contributed by atoms with Gasteiger partial charge in [-0.3, -0.25) is 4.79 Å². The van der Waals surface area contributed by atoms with Crippen molar-refractivity contribution in [1.82, 2.24) is 0 Å². The van der Waals surface area contributed by atoms with E-state index in [0.717, 1.165) is 16.6 Å². The number of carbonyl (C=O) groups is 1. The Morgan fingerprint density at radius 2 is 1.80 bits per heavy atom. The third-order valence-electron chi connectivity index (χ3n) is 2.53. The van der Waals surface area contributed by atoms with Crippen LogP contribution < -0.4 is 5.32 Å². The van der Waals surface area contributed by atoms with Crippen molar-refractivity contribution < 1.29 is 13.6 Å². The molecule has 0 spiro atoms. The van der Waals surface area contributed by atoms with Gasteiger partial charge in [-0.15, -0.1) is 0 Å². The smallest absolute Gasteiger partial charge is 0.187 e. The molecule has 0 aliphatic heterocycles. The van der Waals surface area contributed by atoms with Gasteiger partial charge in [-0.05, 0) is 36.4 Å². The predicted octanol–water partition coefficient (Wildman–Crippen LogP) is 4.54. The van der Waals surface area contributed by atoms with E-state index in [9.17, 15) is 13.6 Å². The number of benzene rings is 2.